The molecule has 0 amide bonds. The van der Waals surface area contributed by atoms with Gasteiger partial charge in [0.25, 0.3) is 0 Å². The Morgan fingerprint density at radius 1 is 0.230 bits per heavy atom. The molecule has 0 saturated carbocycles. The van der Waals surface area contributed by atoms with Gasteiger partial charge in [0.15, 0.2) is 0 Å². The van der Waals surface area contributed by atoms with Gasteiger partial charge in [-0.2, -0.15) is 0 Å². The van der Waals surface area contributed by atoms with E-state index in [0.29, 0.717) is 11.1 Å². The first-order valence-electron chi connectivity index (χ1n) is 4.64. The Balaban J connectivity index is -0.000000000447. The van der Waals surface area contributed by atoms with Crippen LogP contribution in [0.3, 0.4) is 0 Å². The molecule has 0 fully saturated rings. The summed E-state index contributed by atoms with van der Waals surface area (Å²) in [6, 6.07) is 9.69. The molecule has 0 bridgehead atoms. The van der Waals surface area contributed by atoms with Crippen molar-refractivity contribution in [1.29, 1.82) is 0 Å². The van der Waals surface area contributed by atoms with E-state index in [0.717, 1.165) is 5.56 Å². The van der Waals surface area contributed by atoms with Gasteiger partial charge in [0.2, 0.25) is 0 Å². The van der Waals surface area contributed by atoms with Crippen LogP contribution in [0.25, 0.3) is 5.57 Å². The summed E-state index contributed by atoms with van der Waals surface area (Å²) in [7, 11) is 2.00. The van der Waals surface area contributed by atoms with Crippen LogP contribution in [0.1, 0.15) is 12.5 Å². The summed E-state index contributed by atoms with van der Waals surface area (Å²) >= 11 is 0. The Bertz CT molecular complexity index is 397. The first-order valence-corrected chi connectivity index (χ1v) is 4.64. The van der Waals surface area contributed by atoms with E-state index in [-0.39, 0.29) is 1610 Å². The fourth-order valence-electron chi connectivity index (χ4n) is 0.845. The molecule has 0 atom stereocenters. The molecular formula is C13H16BW30Y30-2. The van der Waals surface area contributed by atoms with Gasteiger partial charge in [0.05, 0.1) is 0 Å². The zero-order valence-corrected chi connectivity index (χ0v) is 212. The Morgan fingerprint density at radius 2 is 0.311 bits per heavy atom. The Morgan fingerprint density at radius 3 is 0.378 bits per heavy atom. The summed E-state index contributed by atoms with van der Waals surface area (Å²) in [5.41, 5.74) is 2.30. The molecule has 61 heteroatoms. The minimum atomic E-state index is 0. The summed E-state index contributed by atoms with van der Waals surface area (Å²) < 4.78 is 0. The van der Waals surface area contributed by atoms with E-state index in [2.05, 4.69) is 0 Å². The number of rotatable bonds is 2. The zero-order chi connectivity index (χ0) is 11.0. The van der Waals surface area contributed by atoms with Gasteiger partial charge in [-0.3, -0.25) is 0 Å². The van der Waals surface area contributed by atoms with E-state index in [1.165, 1.54) is 0 Å². The molecule has 0 spiro atoms. The third kappa shape index (κ3) is 405. The van der Waals surface area contributed by atoms with Crippen molar-refractivity contribution in [2.24, 2.45) is 0 Å². The van der Waals surface area contributed by atoms with Crippen LogP contribution in [-0.2, 0) is 1610 Å². The van der Waals surface area contributed by atoms with Gasteiger partial charge < -0.3 is 24.3 Å². The smallest absolute Gasteiger partial charge is 0.102 e. The predicted octanol–water partition coefficient (Wildman–Crippen LogP) is 3.52. The van der Waals surface area contributed by atoms with Gasteiger partial charge in [-0.05, 0) is 0 Å². The van der Waals surface area contributed by atoms with Gasteiger partial charge in [-0.25, -0.2) is 5.56 Å². The molecule has 0 aliphatic rings. The molecule has 74 heavy (non-hydrogen) atoms. The van der Waals surface area contributed by atoms with Crippen LogP contribution in [0.2, 0.25) is 13.6 Å². The van der Waals surface area contributed by atoms with E-state index < -0.39 is 0 Å². The fourth-order valence-corrected chi connectivity index (χ4v) is 0.845. The number of allylic oxidation sites excluding steroid dienone is 2. The molecule has 0 heterocycles. The van der Waals surface area contributed by atoms with Crippen LogP contribution < -0.4 is 0 Å². The van der Waals surface area contributed by atoms with Gasteiger partial charge in [0.1, 0.15) is 7.28 Å². The zero-order valence-electron chi connectivity index (χ0n) is 38.7. The Kier molecular flexibility index (Phi) is 2680. The van der Waals surface area contributed by atoms with Gasteiger partial charge in [-0.1, -0.05) is 31.8 Å². The van der Waals surface area contributed by atoms with Crippen LogP contribution in [0.5, 0.6) is 0 Å². The molecule has 1 aromatic carbocycles. The summed E-state index contributed by atoms with van der Waals surface area (Å²) in [5.74, 6) is 0. The summed E-state index contributed by atoms with van der Waals surface area (Å²) in [6.45, 7) is 17.0. The molecule has 1 rings (SSSR count). The molecule has 0 N–H and O–H groups in total. The van der Waals surface area contributed by atoms with Crippen molar-refractivity contribution in [2.75, 3.05) is 0 Å². The van der Waals surface area contributed by atoms with E-state index >= 15 is 0 Å². The van der Waals surface area contributed by atoms with Gasteiger partial charge in [0, 0.05) is 1610 Å². The monoisotopic (exact) mass is 8370 g/mol. The summed E-state index contributed by atoms with van der Waals surface area (Å²) in [5, 5.41) is 0. The molecule has 31 radical (unpaired) electrons. The molecule has 343 valence electrons. The van der Waals surface area contributed by atoms with Crippen LogP contribution in [-0.4, -0.2) is 7.28 Å². The maximum Gasteiger partial charge on any atom is 0.102 e. The summed E-state index contributed by atoms with van der Waals surface area (Å²) in [6.07, 6.45) is 0. The molecule has 0 saturated heterocycles. The van der Waals surface area contributed by atoms with Crippen molar-refractivity contribution >= 4 is 12.9 Å². The van der Waals surface area contributed by atoms with Crippen molar-refractivity contribution < 1.29 is 1610 Å². The van der Waals surface area contributed by atoms with Crippen molar-refractivity contribution in [3.05, 3.63) is 54.6 Å². The second-order valence-electron chi connectivity index (χ2n) is 3.04. The maximum atomic E-state index is 5.69. The van der Waals surface area contributed by atoms with E-state index in [9.17, 15) is 0 Å². The Labute approximate surface area is 1640 Å². The fraction of sp³-hybridized carbons (Fsp3) is 0.231. The number of hydrogen-bond donors (Lipinski definition) is 0. The van der Waals surface area contributed by atoms with E-state index in [1.807, 2.05) is 51.3 Å². The van der Waals surface area contributed by atoms with E-state index in [4.69, 9.17) is 13.2 Å². The average Bonchev–Trinajstić information content (AvgIpc) is 2.19. The molecule has 0 aromatic heterocycles. The Hall–Kier alpha value is 52.5. The van der Waals surface area contributed by atoms with Crippen molar-refractivity contribution in [3.8, 4) is 0 Å². The van der Waals surface area contributed by atoms with E-state index in [1.54, 1.807) is 6.92 Å². The molecule has 0 aliphatic carbocycles. The second-order valence-corrected chi connectivity index (χ2v) is 3.04. The third-order valence-corrected chi connectivity index (χ3v) is 1.51. The van der Waals surface area contributed by atoms with Crippen LogP contribution in [0, 0.1) is 13.2 Å². The number of hydrogen-bond acceptors (Lipinski definition) is 0. The van der Waals surface area contributed by atoms with Gasteiger partial charge in [-0.15, -0.1) is 19.1 Å². The average molecular weight is 8370 g/mol. The predicted molar refractivity (Wildman–Crippen MR) is 65.1 cm³/mol. The van der Waals surface area contributed by atoms with Crippen LogP contribution in [0.15, 0.2) is 35.9 Å². The van der Waals surface area contributed by atoms with Gasteiger partial charge >= 0.3 is 0 Å². The molecule has 0 nitrogen and oxygen atoms in total. The minimum absolute atomic E-state index is 0. The SMILES string of the molecule is C[B]C.[CH-]=C(C)C(=[CH-])c1ccccc1.[W].[W].[W].[W].[W].[W].[W].[W].[W].[W].[W].[W].[W].[W].[W].[W].[W].[W].[W].[W].[W].[W].[W].[W].[W].[W].[W].[W].[W].[W].[Y].[Y].[Y].[Y].[Y].[Y].[Y].[Y].[Y].[Y].[Y].[Y].[Y].[Y].[Y].[Y].[Y].[Y].[Y].[Y].[Y].[Y].[Y].[Y].[Y].[Y].[Y].[Y].[Y].[Y]. The second kappa shape index (κ2) is 427. The number of benzene rings is 1. The molecular weight excluding hydrogens is 8350 g/mol. The first-order chi connectivity index (χ1) is 6.63. The van der Waals surface area contributed by atoms with Crippen LogP contribution in [0.4, 0.5) is 0 Å². The van der Waals surface area contributed by atoms with Crippen molar-refractivity contribution in [2.45, 2.75) is 20.6 Å². The minimum Gasteiger partial charge on any atom is -0.358 e. The maximum absolute atomic E-state index is 5.69. The quantitative estimate of drug-likeness (QED) is 0.242. The van der Waals surface area contributed by atoms with Crippen molar-refractivity contribution in [3.63, 3.8) is 0 Å². The van der Waals surface area contributed by atoms with Crippen LogP contribution >= 0.6 is 0 Å². The molecule has 0 unspecified atom stereocenters. The molecule has 1 aromatic rings. The third-order valence-electron chi connectivity index (χ3n) is 1.51. The standard InChI is InChI=1S/C11H10.C2H6B.30W.30Y/c1-9(2)10(3)11-7-5-4-6-8-11;1-3-2;;;;;;;;;;;;;;;;;;;;;;;;;;;;;;;;;;;;;;;;;;;;;;;;;;;;;;;;;;;;/h1,3-8H,2H3;1-2H3;;;;;;;;;;;;;;;;;;;;;;;;;;;;;;;;;;;;;;;;;;;;;;;;;;;;;;;;;;;;/q-2;;;;;;;;;;;;;;;;;;;;;;;;;;;;;;;;;;;;;;;;;;;;;;;;;;;;;;;;;;;;;. The van der Waals surface area contributed by atoms with Crippen molar-refractivity contribution in [1.82, 2.24) is 0 Å². The largest absolute Gasteiger partial charge is 0.358 e. The summed E-state index contributed by atoms with van der Waals surface area (Å²) in [4.78, 5) is 0. The topological polar surface area (TPSA) is 0 Å². The molecule has 0 aliphatic heterocycles. The normalized spacial score (nSPS) is 1.55. The first kappa shape index (κ1) is 464.